The molecule has 0 amide bonds. The second-order valence-electron chi connectivity index (χ2n) is 3.88. The SMILES string of the molecule is N[C@H]1CCc2c1ccc1c2COC1=O. The van der Waals surface area contributed by atoms with Crippen LogP contribution in [0.15, 0.2) is 12.1 Å². The lowest BCUT2D eigenvalue weighted by Gasteiger charge is -2.06. The molecule has 0 spiro atoms. The van der Waals surface area contributed by atoms with Crippen molar-refractivity contribution in [2.45, 2.75) is 25.5 Å². The summed E-state index contributed by atoms with van der Waals surface area (Å²) in [5.41, 5.74) is 10.2. The molecule has 0 aromatic heterocycles. The molecule has 1 aliphatic heterocycles. The third-order valence-electron chi connectivity index (χ3n) is 3.14. The monoisotopic (exact) mass is 189 g/mol. The predicted molar refractivity (Wildman–Crippen MR) is 50.8 cm³/mol. The molecule has 0 radical (unpaired) electrons. The number of hydrogen-bond donors (Lipinski definition) is 1. The molecule has 14 heavy (non-hydrogen) atoms. The summed E-state index contributed by atoms with van der Waals surface area (Å²) in [6, 6.07) is 3.96. The number of esters is 1. The highest BCUT2D eigenvalue weighted by Crippen LogP contribution is 2.36. The minimum absolute atomic E-state index is 0.144. The van der Waals surface area contributed by atoms with Crippen LogP contribution in [0.3, 0.4) is 0 Å². The van der Waals surface area contributed by atoms with Gasteiger partial charge in [0.15, 0.2) is 0 Å². The zero-order valence-electron chi connectivity index (χ0n) is 7.75. The zero-order valence-corrected chi connectivity index (χ0v) is 7.75. The van der Waals surface area contributed by atoms with Crippen molar-refractivity contribution in [3.8, 4) is 0 Å². The number of rotatable bonds is 0. The Kier molecular flexibility index (Phi) is 1.47. The van der Waals surface area contributed by atoms with Crippen LogP contribution in [0.1, 0.15) is 39.5 Å². The number of ether oxygens (including phenoxy) is 1. The van der Waals surface area contributed by atoms with E-state index in [4.69, 9.17) is 10.5 Å². The van der Waals surface area contributed by atoms with Crippen molar-refractivity contribution in [1.29, 1.82) is 0 Å². The third kappa shape index (κ3) is 0.876. The van der Waals surface area contributed by atoms with Gasteiger partial charge in [-0.05, 0) is 30.0 Å². The minimum Gasteiger partial charge on any atom is -0.457 e. The van der Waals surface area contributed by atoms with Gasteiger partial charge < -0.3 is 10.5 Å². The Morgan fingerprint density at radius 1 is 1.36 bits per heavy atom. The number of carbonyl (C=O) groups excluding carboxylic acids is 1. The Hall–Kier alpha value is -1.35. The van der Waals surface area contributed by atoms with Crippen LogP contribution < -0.4 is 5.73 Å². The van der Waals surface area contributed by atoms with Gasteiger partial charge in [0.1, 0.15) is 6.61 Å². The van der Waals surface area contributed by atoms with Gasteiger partial charge in [0.25, 0.3) is 0 Å². The lowest BCUT2D eigenvalue weighted by Crippen LogP contribution is -2.05. The van der Waals surface area contributed by atoms with E-state index < -0.39 is 0 Å². The standard InChI is InChI=1S/C11H11NO2/c12-10-4-3-6-7(10)1-2-8-9(6)5-14-11(8)13/h1-2,10H,3-5,12H2/t10-/m0/s1. The van der Waals surface area contributed by atoms with Gasteiger partial charge in [-0.2, -0.15) is 0 Å². The molecule has 1 aliphatic carbocycles. The highest BCUT2D eigenvalue weighted by Gasteiger charge is 2.29. The van der Waals surface area contributed by atoms with E-state index in [1.165, 1.54) is 11.1 Å². The molecule has 1 aromatic rings. The molecule has 72 valence electrons. The maximum atomic E-state index is 11.3. The molecule has 1 atom stereocenters. The van der Waals surface area contributed by atoms with E-state index in [-0.39, 0.29) is 12.0 Å². The summed E-state index contributed by atoms with van der Waals surface area (Å²) < 4.78 is 5.00. The fourth-order valence-electron chi connectivity index (χ4n) is 2.38. The van der Waals surface area contributed by atoms with E-state index in [1.54, 1.807) is 0 Å². The molecule has 2 N–H and O–H groups in total. The molecule has 0 unspecified atom stereocenters. The van der Waals surface area contributed by atoms with E-state index in [2.05, 4.69) is 0 Å². The molecular weight excluding hydrogens is 178 g/mol. The number of nitrogens with two attached hydrogens (primary N) is 1. The van der Waals surface area contributed by atoms with Crippen LogP contribution >= 0.6 is 0 Å². The van der Waals surface area contributed by atoms with Gasteiger partial charge in [-0.15, -0.1) is 0 Å². The molecule has 1 heterocycles. The molecule has 0 fully saturated rings. The van der Waals surface area contributed by atoms with Crippen molar-refractivity contribution in [2.24, 2.45) is 5.73 Å². The van der Waals surface area contributed by atoms with Crippen molar-refractivity contribution in [1.82, 2.24) is 0 Å². The van der Waals surface area contributed by atoms with Crippen LogP contribution in [0.2, 0.25) is 0 Å². The highest BCUT2D eigenvalue weighted by atomic mass is 16.5. The lowest BCUT2D eigenvalue weighted by molar-refractivity contribution is 0.0535. The Morgan fingerprint density at radius 3 is 3.07 bits per heavy atom. The zero-order chi connectivity index (χ0) is 9.71. The van der Waals surface area contributed by atoms with Crippen LogP contribution in [-0.4, -0.2) is 5.97 Å². The summed E-state index contributed by atoms with van der Waals surface area (Å²) >= 11 is 0. The summed E-state index contributed by atoms with van der Waals surface area (Å²) in [5, 5.41) is 0. The van der Waals surface area contributed by atoms with Gasteiger partial charge in [0, 0.05) is 11.6 Å². The lowest BCUT2D eigenvalue weighted by atomic mass is 9.99. The first-order valence-corrected chi connectivity index (χ1v) is 4.84. The number of benzene rings is 1. The van der Waals surface area contributed by atoms with Crippen molar-refractivity contribution in [2.75, 3.05) is 0 Å². The first kappa shape index (κ1) is 8.00. The number of hydrogen-bond acceptors (Lipinski definition) is 3. The molecule has 3 heteroatoms. The minimum atomic E-state index is -0.191. The molecule has 2 aliphatic rings. The summed E-state index contributed by atoms with van der Waals surface area (Å²) in [6.07, 6.45) is 1.97. The third-order valence-corrected chi connectivity index (χ3v) is 3.14. The Labute approximate surface area is 81.9 Å². The van der Waals surface area contributed by atoms with E-state index in [1.807, 2.05) is 12.1 Å². The van der Waals surface area contributed by atoms with Crippen LogP contribution in [-0.2, 0) is 17.8 Å². The normalized spacial score (nSPS) is 23.2. The van der Waals surface area contributed by atoms with E-state index in [9.17, 15) is 4.79 Å². The van der Waals surface area contributed by atoms with E-state index >= 15 is 0 Å². The molecule has 1 aromatic carbocycles. The molecule has 0 bridgehead atoms. The van der Waals surface area contributed by atoms with Crippen LogP contribution in [0.5, 0.6) is 0 Å². The Morgan fingerprint density at radius 2 is 2.21 bits per heavy atom. The highest BCUT2D eigenvalue weighted by molar-refractivity contribution is 5.94. The van der Waals surface area contributed by atoms with Gasteiger partial charge in [0.05, 0.1) is 5.56 Å². The maximum absolute atomic E-state index is 11.3. The first-order valence-electron chi connectivity index (χ1n) is 4.84. The molecular formula is C11H11NO2. The summed E-state index contributed by atoms with van der Waals surface area (Å²) in [4.78, 5) is 11.3. The van der Waals surface area contributed by atoms with Gasteiger partial charge in [-0.1, -0.05) is 6.07 Å². The van der Waals surface area contributed by atoms with Gasteiger partial charge in [0.2, 0.25) is 0 Å². The van der Waals surface area contributed by atoms with Gasteiger partial charge in [-0.3, -0.25) is 0 Å². The second-order valence-corrected chi connectivity index (χ2v) is 3.88. The molecule has 0 saturated carbocycles. The number of cyclic esters (lactones) is 1. The number of fused-ring (bicyclic) bond motifs is 3. The Balaban J connectivity index is 2.23. The summed E-state index contributed by atoms with van der Waals surface area (Å²) in [6.45, 7) is 0.435. The average Bonchev–Trinajstić information content (AvgIpc) is 2.72. The van der Waals surface area contributed by atoms with Crippen molar-refractivity contribution in [3.05, 3.63) is 34.4 Å². The van der Waals surface area contributed by atoms with Gasteiger partial charge >= 0.3 is 5.97 Å². The summed E-state index contributed by atoms with van der Waals surface area (Å²) in [5.74, 6) is -0.191. The van der Waals surface area contributed by atoms with Crippen LogP contribution in [0.25, 0.3) is 0 Å². The van der Waals surface area contributed by atoms with Crippen LogP contribution in [0, 0.1) is 0 Å². The molecule has 3 rings (SSSR count). The van der Waals surface area contributed by atoms with Crippen molar-refractivity contribution >= 4 is 5.97 Å². The first-order chi connectivity index (χ1) is 6.77. The van der Waals surface area contributed by atoms with E-state index in [0.717, 1.165) is 24.0 Å². The van der Waals surface area contributed by atoms with Crippen molar-refractivity contribution in [3.63, 3.8) is 0 Å². The fourth-order valence-corrected chi connectivity index (χ4v) is 2.38. The van der Waals surface area contributed by atoms with Gasteiger partial charge in [-0.25, -0.2) is 4.79 Å². The predicted octanol–water partition coefficient (Wildman–Crippen LogP) is 1.30. The number of carbonyl (C=O) groups is 1. The molecule has 3 nitrogen and oxygen atoms in total. The largest absolute Gasteiger partial charge is 0.457 e. The quantitative estimate of drug-likeness (QED) is 0.626. The van der Waals surface area contributed by atoms with Crippen molar-refractivity contribution < 1.29 is 9.53 Å². The molecule has 0 saturated heterocycles. The fraction of sp³-hybridized carbons (Fsp3) is 0.364. The smallest absolute Gasteiger partial charge is 0.338 e. The van der Waals surface area contributed by atoms with E-state index in [0.29, 0.717) is 6.61 Å². The maximum Gasteiger partial charge on any atom is 0.338 e. The Bertz CT molecular complexity index is 426. The van der Waals surface area contributed by atoms with Crippen LogP contribution in [0.4, 0.5) is 0 Å². The topological polar surface area (TPSA) is 52.3 Å². The summed E-state index contributed by atoms with van der Waals surface area (Å²) in [7, 11) is 0. The second kappa shape index (κ2) is 2.58. The average molecular weight is 189 g/mol.